The summed E-state index contributed by atoms with van der Waals surface area (Å²) < 4.78 is 27.2. The lowest BCUT2D eigenvalue weighted by atomic mass is 10.1. The molecule has 1 aromatic rings. The summed E-state index contributed by atoms with van der Waals surface area (Å²) in [6, 6.07) is 4.53. The Morgan fingerprint density at radius 2 is 2.20 bits per heavy atom. The van der Waals surface area contributed by atoms with Crippen LogP contribution in [0, 0.1) is 0 Å². The molecule has 0 aromatic heterocycles. The van der Waals surface area contributed by atoms with Crippen LogP contribution in [0.25, 0.3) is 0 Å². The van der Waals surface area contributed by atoms with E-state index < -0.39 is 10.0 Å². The maximum Gasteiger partial charge on any atom is 0.238 e. The quantitative estimate of drug-likeness (QED) is 0.782. The smallest absolute Gasteiger partial charge is 0.238 e. The van der Waals surface area contributed by atoms with E-state index >= 15 is 0 Å². The number of nitrogens with two attached hydrogens (primary N) is 1. The van der Waals surface area contributed by atoms with Gasteiger partial charge in [-0.2, -0.15) is 0 Å². The zero-order valence-corrected chi connectivity index (χ0v) is 9.25. The van der Waals surface area contributed by atoms with Gasteiger partial charge in [0.2, 0.25) is 10.0 Å². The summed E-state index contributed by atoms with van der Waals surface area (Å²) in [6.45, 7) is 3.60. The molecule has 0 aliphatic heterocycles. The molecular weight excluding hydrogens is 214 g/mol. The predicted octanol–water partition coefficient (Wildman–Crippen LogP) is 1.07. The number of rotatable bonds is 4. The maximum atomic E-state index is 11.1. The van der Waals surface area contributed by atoms with Crippen LogP contribution in [0.4, 0.5) is 0 Å². The number of hydrogen-bond acceptors (Lipinski definition) is 3. The number of allylic oxidation sites excluding steroid dienone is 1. The summed E-state index contributed by atoms with van der Waals surface area (Å²) in [4.78, 5) is 0.0483. The van der Waals surface area contributed by atoms with Crippen LogP contribution < -0.4 is 9.88 Å². The Balaban J connectivity index is 3.25. The van der Waals surface area contributed by atoms with E-state index in [2.05, 4.69) is 6.58 Å². The molecule has 4 nitrogen and oxygen atoms in total. The highest BCUT2D eigenvalue weighted by Crippen LogP contribution is 2.22. The number of sulfonamides is 1. The third-order valence-electron chi connectivity index (χ3n) is 1.95. The molecule has 0 spiro atoms. The minimum absolute atomic E-state index is 0.0483. The van der Waals surface area contributed by atoms with Gasteiger partial charge in [-0.3, -0.25) is 0 Å². The van der Waals surface area contributed by atoms with Crippen LogP contribution in [0.3, 0.4) is 0 Å². The molecule has 0 heterocycles. The predicted molar refractivity (Wildman–Crippen MR) is 58.3 cm³/mol. The molecule has 15 heavy (non-hydrogen) atoms. The molecule has 0 saturated carbocycles. The van der Waals surface area contributed by atoms with Gasteiger partial charge in [-0.05, 0) is 18.1 Å². The third kappa shape index (κ3) is 2.81. The summed E-state index contributed by atoms with van der Waals surface area (Å²) in [5, 5.41) is 5.00. The van der Waals surface area contributed by atoms with E-state index in [-0.39, 0.29) is 4.90 Å². The van der Waals surface area contributed by atoms with Gasteiger partial charge in [-0.15, -0.1) is 6.58 Å². The van der Waals surface area contributed by atoms with Crippen molar-refractivity contribution in [1.82, 2.24) is 0 Å². The molecule has 0 saturated heterocycles. The van der Waals surface area contributed by atoms with Gasteiger partial charge in [0.1, 0.15) is 5.75 Å². The third-order valence-corrected chi connectivity index (χ3v) is 2.86. The average Bonchev–Trinajstić information content (AvgIpc) is 2.17. The van der Waals surface area contributed by atoms with Crippen LogP contribution in [0.1, 0.15) is 5.56 Å². The highest BCUT2D eigenvalue weighted by molar-refractivity contribution is 7.89. The monoisotopic (exact) mass is 227 g/mol. The summed E-state index contributed by atoms with van der Waals surface area (Å²) in [5.74, 6) is 0.501. The Labute approximate surface area is 89.4 Å². The lowest BCUT2D eigenvalue weighted by Gasteiger charge is -2.08. The maximum absolute atomic E-state index is 11.1. The largest absolute Gasteiger partial charge is 0.496 e. The molecule has 0 amide bonds. The average molecular weight is 227 g/mol. The van der Waals surface area contributed by atoms with Crippen LogP contribution in [0.15, 0.2) is 35.7 Å². The lowest BCUT2D eigenvalue weighted by molar-refractivity contribution is 0.409. The zero-order chi connectivity index (χ0) is 11.5. The topological polar surface area (TPSA) is 69.4 Å². The standard InChI is InChI=1S/C10H13NO3S/c1-3-4-8-5-6-9(15(11,12)13)7-10(8)14-2/h3,5-7H,1,4H2,2H3,(H2,11,12,13). The SMILES string of the molecule is C=CCc1ccc(S(N)(=O)=O)cc1OC. The van der Waals surface area contributed by atoms with Gasteiger partial charge in [0.05, 0.1) is 12.0 Å². The van der Waals surface area contributed by atoms with Crippen molar-refractivity contribution < 1.29 is 13.2 Å². The van der Waals surface area contributed by atoms with Crippen molar-refractivity contribution in [2.24, 2.45) is 5.14 Å². The fourth-order valence-electron chi connectivity index (χ4n) is 1.23. The molecule has 0 radical (unpaired) electrons. The van der Waals surface area contributed by atoms with Crippen LogP contribution in [-0.2, 0) is 16.4 Å². The van der Waals surface area contributed by atoms with E-state index in [1.54, 1.807) is 12.1 Å². The molecule has 5 heteroatoms. The van der Waals surface area contributed by atoms with E-state index in [9.17, 15) is 8.42 Å². The first-order valence-corrected chi connectivity index (χ1v) is 5.84. The van der Waals surface area contributed by atoms with Gasteiger partial charge >= 0.3 is 0 Å². The summed E-state index contributed by atoms with van der Waals surface area (Å²) in [7, 11) is -2.19. The lowest BCUT2D eigenvalue weighted by Crippen LogP contribution is -2.12. The Kier molecular flexibility index (Phi) is 3.49. The van der Waals surface area contributed by atoms with Crippen molar-refractivity contribution in [2.75, 3.05) is 7.11 Å². The van der Waals surface area contributed by atoms with E-state index in [4.69, 9.17) is 9.88 Å². The van der Waals surface area contributed by atoms with Crippen LogP contribution >= 0.6 is 0 Å². The fraction of sp³-hybridized carbons (Fsp3) is 0.200. The number of methoxy groups -OCH3 is 1. The summed E-state index contributed by atoms with van der Waals surface area (Å²) in [5.41, 5.74) is 0.875. The second-order valence-corrected chi connectivity index (χ2v) is 4.57. The molecule has 1 aromatic carbocycles. The normalized spacial score (nSPS) is 11.1. The van der Waals surface area contributed by atoms with Crippen molar-refractivity contribution in [3.8, 4) is 5.75 Å². The number of ether oxygens (including phenoxy) is 1. The van der Waals surface area contributed by atoms with Crippen molar-refractivity contribution in [3.63, 3.8) is 0 Å². The van der Waals surface area contributed by atoms with Crippen molar-refractivity contribution in [2.45, 2.75) is 11.3 Å². The van der Waals surface area contributed by atoms with Gasteiger partial charge in [-0.1, -0.05) is 12.1 Å². The molecule has 2 N–H and O–H groups in total. The molecule has 0 aliphatic rings. The van der Waals surface area contributed by atoms with Crippen molar-refractivity contribution >= 4 is 10.0 Å². The first-order valence-electron chi connectivity index (χ1n) is 4.29. The second-order valence-electron chi connectivity index (χ2n) is 3.01. The molecule has 0 aliphatic carbocycles. The van der Waals surface area contributed by atoms with Crippen LogP contribution in [0.5, 0.6) is 5.75 Å². The number of benzene rings is 1. The molecule has 0 bridgehead atoms. The Hall–Kier alpha value is -1.33. The molecule has 1 rings (SSSR count). The van der Waals surface area contributed by atoms with Gasteiger partial charge in [0, 0.05) is 6.07 Å². The first-order chi connectivity index (χ1) is 6.99. The first kappa shape index (κ1) is 11.7. The number of hydrogen-bond donors (Lipinski definition) is 1. The minimum Gasteiger partial charge on any atom is -0.496 e. The number of primary sulfonamides is 1. The molecule has 0 fully saturated rings. The molecule has 0 atom stereocenters. The van der Waals surface area contributed by atoms with Crippen molar-refractivity contribution in [3.05, 3.63) is 36.4 Å². The Morgan fingerprint density at radius 1 is 1.53 bits per heavy atom. The van der Waals surface area contributed by atoms with E-state index in [1.807, 2.05) is 0 Å². The van der Waals surface area contributed by atoms with Gasteiger partial charge < -0.3 is 4.74 Å². The zero-order valence-electron chi connectivity index (χ0n) is 8.43. The highest BCUT2D eigenvalue weighted by Gasteiger charge is 2.10. The second kappa shape index (κ2) is 4.46. The van der Waals surface area contributed by atoms with Crippen LogP contribution in [-0.4, -0.2) is 15.5 Å². The van der Waals surface area contributed by atoms with E-state index in [0.717, 1.165) is 5.56 Å². The highest BCUT2D eigenvalue weighted by atomic mass is 32.2. The van der Waals surface area contributed by atoms with Gasteiger partial charge in [-0.25, -0.2) is 13.6 Å². The minimum atomic E-state index is -3.67. The van der Waals surface area contributed by atoms with E-state index in [1.165, 1.54) is 19.2 Å². The molecule has 82 valence electrons. The Bertz CT molecular complexity index is 466. The van der Waals surface area contributed by atoms with Gasteiger partial charge in [0.15, 0.2) is 0 Å². The van der Waals surface area contributed by atoms with E-state index in [0.29, 0.717) is 12.2 Å². The fourth-order valence-corrected chi connectivity index (χ4v) is 1.76. The van der Waals surface area contributed by atoms with Crippen molar-refractivity contribution in [1.29, 1.82) is 0 Å². The molecular formula is C10H13NO3S. The van der Waals surface area contributed by atoms with Crippen LogP contribution in [0.2, 0.25) is 0 Å². The summed E-state index contributed by atoms with van der Waals surface area (Å²) in [6.07, 6.45) is 2.34. The molecule has 0 unspecified atom stereocenters. The van der Waals surface area contributed by atoms with Gasteiger partial charge in [0.25, 0.3) is 0 Å². The summed E-state index contributed by atoms with van der Waals surface area (Å²) >= 11 is 0. The Morgan fingerprint density at radius 3 is 2.67 bits per heavy atom.